The van der Waals surface area contributed by atoms with Crippen molar-refractivity contribution in [3.8, 4) is 5.75 Å². The third-order valence-corrected chi connectivity index (χ3v) is 3.66. The second kappa shape index (κ2) is 6.41. The zero-order chi connectivity index (χ0) is 12.1. The highest BCUT2D eigenvalue weighted by Crippen LogP contribution is 2.26. The standard InChI is InChI=1S/C14H20BrNO/c1-2-17-14-10-13(15)7-6-12(14)11-16-8-4-3-5-9-16/h6-7,10H,2-5,8-9,11H2,1H3. The number of piperidine rings is 1. The first-order valence-electron chi connectivity index (χ1n) is 6.43. The second-order valence-electron chi connectivity index (χ2n) is 4.52. The summed E-state index contributed by atoms with van der Waals surface area (Å²) in [5.74, 6) is 1.02. The third kappa shape index (κ3) is 3.71. The van der Waals surface area contributed by atoms with Crippen LogP contribution in [-0.2, 0) is 6.54 Å². The minimum atomic E-state index is 0.726. The van der Waals surface area contributed by atoms with Crippen molar-refractivity contribution in [1.29, 1.82) is 0 Å². The molecule has 0 radical (unpaired) electrons. The Kier molecular flexibility index (Phi) is 4.86. The van der Waals surface area contributed by atoms with Crippen LogP contribution >= 0.6 is 15.9 Å². The van der Waals surface area contributed by atoms with Gasteiger partial charge >= 0.3 is 0 Å². The zero-order valence-electron chi connectivity index (χ0n) is 10.4. The van der Waals surface area contributed by atoms with Crippen LogP contribution in [0.5, 0.6) is 5.75 Å². The van der Waals surface area contributed by atoms with E-state index >= 15 is 0 Å². The molecule has 2 nitrogen and oxygen atoms in total. The fourth-order valence-corrected chi connectivity index (χ4v) is 2.65. The highest BCUT2D eigenvalue weighted by molar-refractivity contribution is 9.10. The van der Waals surface area contributed by atoms with E-state index in [-0.39, 0.29) is 0 Å². The fourth-order valence-electron chi connectivity index (χ4n) is 2.31. The van der Waals surface area contributed by atoms with Gasteiger partial charge in [-0.3, -0.25) is 4.90 Å². The molecule has 0 atom stereocenters. The Morgan fingerprint density at radius 3 is 2.71 bits per heavy atom. The van der Waals surface area contributed by atoms with E-state index in [1.165, 1.54) is 37.9 Å². The summed E-state index contributed by atoms with van der Waals surface area (Å²) in [4.78, 5) is 2.52. The van der Waals surface area contributed by atoms with Crippen molar-refractivity contribution in [2.45, 2.75) is 32.7 Å². The molecule has 0 amide bonds. The van der Waals surface area contributed by atoms with Gasteiger partial charge < -0.3 is 4.74 Å². The lowest BCUT2D eigenvalue weighted by Crippen LogP contribution is -2.29. The van der Waals surface area contributed by atoms with E-state index in [1.54, 1.807) is 0 Å². The molecule has 0 spiro atoms. The van der Waals surface area contributed by atoms with E-state index in [4.69, 9.17) is 4.74 Å². The van der Waals surface area contributed by atoms with Crippen molar-refractivity contribution >= 4 is 15.9 Å². The van der Waals surface area contributed by atoms with Gasteiger partial charge in [0.15, 0.2) is 0 Å². The van der Waals surface area contributed by atoms with Gasteiger partial charge in [0.05, 0.1) is 6.61 Å². The molecule has 0 aliphatic carbocycles. The van der Waals surface area contributed by atoms with E-state index in [1.807, 2.05) is 6.92 Å². The van der Waals surface area contributed by atoms with E-state index in [2.05, 4.69) is 39.0 Å². The van der Waals surface area contributed by atoms with Gasteiger partial charge in [-0.05, 0) is 45.0 Å². The third-order valence-electron chi connectivity index (χ3n) is 3.17. The average molecular weight is 298 g/mol. The van der Waals surface area contributed by atoms with Gasteiger partial charge in [-0.2, -0.15) is 0 Å². The summed E-state index contributed by atoms with van der Waals surface area (Å²) in [5, 5.41) is 0. The van der Waals surface area contributed by atoms with Crippen LogP contribution in [0.25, 0.3) is 0 Å². The van der Waals surface area contributed by atoms with Crippen LogP contribution in [0.1, 0.15) is 31.7 Å². The van der Waals surface area contributed by atoms with Crippen molar-refractivity contribution < 1.29 is 4.74 Å². The topological polar surface area (TPSA) is 12.5 Å². The molecule has 94 valence electrons. The maximum Gasteiger partial charge on any atom is 0.124 e. The Hall–Kier alpha value is -0.540. The van der Waals surface area contributed by atoms with Crippen molar-refractivity contribution in [2.24, 2.45) is 0 Å². The normalized spacial score (nSPS) is 17.1. The molecule has 17 heavy (non-hydrogen) atoms. The van der Waals surface area contributed by atoms with E-state index in [0.29, 0.717) is 0 Å². The van der Waals surface area contributed by atoms with Gasteiger partial charge in [0.25, 0.3) is 0 Å². The highest BCUT2D eigenvalue weighted by atomic mass is 79.9. The lowest BCUT2D eigenvalue weighted by Gasteiger charge is -2.27. The van der Waals surface area contributed by atoms with E-state index in [0.717, 1.165) is 23.4 Å². The summed E-state index contributed by atoms with van der Waals surface area (Å²) < 4.78 is 6.79. The van der Waals surface area contributed by atoms with Gasteiger partial charge in [-0.1, -0.05) is 28.4 Å². The molecule has 3 heteroatoms. The minimum absolute atomic E-state index is 0.726. The first-order valence-corrected chi connectivity index (χ1v) is 7.22. The number of ether oxygens (including phenoxy) is 1. The quantitative estimate of drug-likeness (QED) is 0.837. The van der Waals surface area contributed by atoms with Gasteiger partial charge in [0, 0.05) is 16.6 Å². The number of halogens is 1. The summed E-state index contributed by atoms with van der Waals surface area (Å²) in [7, 11) is 0. The van der Waals surface area contributed by atoms with E-state index in [9.17, 15) is 0 Å². The molecule has 0 unspecified atom stereocenters. The highest BCUT2D eigenvalue weighted by Gasteiger charge is 2.13. The summed E-state index contributed by atoms with van der Waals surface area (Å²) >= 11 is 3.50. The van der Waals surface area contributed by atoms with Gasteiger partial charge in [-0.25, -0.2) is 0 Å². The van der Waals surface area contributed by atoms with Crippen molar-refractivity contribution in [3.63, 3.8) is 0 Å². The molecule has 0 bridgehead atoms. The van der Waals surface area contributed by atoms with Crippen LogP contribution in [0.15, 0.2) is 22.7 Å². The Balaban J connectivity index is 2.07. The number of rotatable bonds is 4. The fraction of sp³-hybridized carbons (Fsp3) is 0.571. The smallest absolute Gasteiger partial charge is 0.124 e. The molecular formula is C14H20BrNO. The predicted molar refractivity (Wildman–Crippen MR) is 74.4 cm³/mol. The van der Waals surface area contributed by atoms with Crippen molar-refractivity contribution in [3.05, 3.63) is 28.2 Å². The molecule has 0 saturated carbocycles. The summed E-state index contributed by atoms with van der Waals surface area (Å²) in [6.07, 6.45) is 4.05. The van der Waals surface area contributed by atoms with Gasteiger partial charge in [-0.15, -0.1) is 0 Å². The predicted octanol–water partition coefficient (Wildman–Crippen LogP) is 3.83. The lowest BCUT2D eigenvalue weighted by atomic mass is 10.1. The number of benzene rings is 1. The maximum atomic E-state index is 5.70. The molecule has 1 aliphatic rings. The minimum Gasteiger partial charge on any atom is -0.494 e. The van der Waals surface area contributed by atoms with Crippen LogP contribution in [-0.4, -0.2) is 24.6 Å². The molecule has 0 aromatic heterocycles. The molecule has 1 fully saturated rings. The average Bonchev–Trinajstić information content (AvgIpc) is 2.34. The number of likely N-dealkylation sites (tertiary alicyclic amines) is 1. The molecule has 1 heterocycles. The SMILES string of the molecule is CCOc1cc(Br)ccc1CN1CCCCC1. The Morgan fingerprint density at radius 1 is 1.24 bits per heavy atom. The molecule has 1 aromatic carbocycles. The number of hydrogen-bond donors (Lipinski definition) is 0. The molecule has 2 rings (SSSR count). The summed E-state index contributed by atoms with van der Waals surface area (Å²) in [6, 6.07) is 6.34. The van der Waals surface area contributed by atoms with Crippen LogP contribution in [0.2, 0.25) is 0 Å². The molecular weight excluding hydrogens is 278 g/mol. The van der Waals surface area contributed by atoms with E-state index < -0.39 is 0 Å². The Morgan fingerprint density at radius 2 is 2.00 bits per heavy atom. The molecule has 0 N–H and O–H groups in total. The van der Waals surface area contributed by atoms with Crippen LogP contribution < -0.4 is 4.74 Å². The Labute approximate surface area is 112 Å². The van der Waals surface area contributed by atoms with Crippen molar-refractivity contribution in [2.75, 3.05) is 19.7 Å². The monoisotopic (exact) mass is 297 g/mol. The second-order valence-corrected chi connectivity index (χ2v) is 5.44. The maximum absolute atomic E-state index is 5.70. The molecule has 1 aromatic rings. The Bertz CT molecular complexity index is 361. The van der Waals surface area contributed by atoms with Crippen LogP contribution in [0.3, 0.4) is 0 Å². The molecule has 1 saturated heterocycles. The number of nitrogens with zero attached hydrogens (tertiary/aromatic N) is 1. The summed E-state index contributed by atoms with van der Waals surface area (Å²) in [6.45, 7) is 6.22. The van der Waals surface area contributed by atoms with Crippen LogP contribution in [0, 0.1) is 0 Å². The number of hydrogen-bond acceptors (Lipinski definition) is 2. The largest absolute Gasteiger partial charge is 0.494 e. The van der Waals surface area contributed by atoms with Gasteiger partial charge in [0.2, 0.25) is 0 Å². The zero-order valence-corrected chi connectivity index (χ0v) is 12.0. The van der Waals surface area contributed by atoms with Crippen LogP contribution in [0.4, 0.5) is 0 Å². The van der Waals surface area contributed by atoms with Gasteiger partial charge in [0.1, 0.15) is 5.75 Å². The first kappa shape index (κ1) is 12.9. The first-order chi connectivity index (χ1) is 8.29. The molecule has 1 aliphatic heterocycles. The lowest BCUT2D eigenvalue weighted by molar-refractivity contribution is 0.216. The summed E-state index contributed by atoms with van der Waals surface area (Å²) in [5.41, 5.74) is 1.30. The van der Waals surface area contributed by atoms with Crippen molar-refractivity contribution in [1.82, 2.24) is 4.90 Å².